The molecule has 2 aliphatic rings. The first-order valence-electron chi connectivity index (χ1n) is 11.9. The third kappa shape index (κ3) is 6.00. The zero-order valence-electron chi connectivity index (χ0n) is 20.5. The van der Waals surface area contributed by atoms with Crippen LogP contribution in [0.1, 0.15) is 28.3 Å². The van der Waals surface area contributed by atoms with Crippen molar-refractivity contribution in [1.29, 1.82) is 0 Å². The molecule has 0 amide bonds. The van der Waals surface area contributed by atoms with Crippen molar-refractivity contribution < 1.29 is 19.3 Å². The Labute approximate surface area is 270 Å². The smallest absolute Gasteiger partial charge is 0.181 e. The van der Waals surface area contributed by atoms with Crippen LogP contribution in [0.3, 0.4) is 0 Å². The van der Waals surface area contributed by atoms with E-state index in [-0.39, 0.29) is 19.8 Å². The summed E-state index contributed by atoms with van der Waals surface area (Å²) in [6.45, 7) is 0.268. The summed E-state index contributed by atoms with van der Waals surface area (Å²) in [7, 11) is 0. The van der Waals surface area contributed by atoms with E-state index in [1.165, 1.54) is 6.33 Å². The summed E-state index contributed by atoms with van der Waals surface area (Å²) in [6, 6.07) is 10.2. The lowest BCUT2D eigenvalue weighted by Gasteiger charge is -2.31. The SMILES string of the molecule is C#C[C@@]1(O)[C@H](OCc2ccc(Cl)cc2Cl)[C@@H](COCc2ccc(Cl)cc2Cl)O[C@H]1[C@@H]1C=C(I)c2c(Cl)ncnc21. The van der Waals surface area contributed by atoms with Crippen LogP contribution < -0.4 is 0 Å². The number of hydrogen-bond acceptors (Lipinski definition) is 6. The fourth-order valence-electron chi connectivity index (χ4n) is 4.84. The lowest BCUT2D eigenvalue weighted by molar-refractivity contribution is -0.0887. The summed E-state index contributed by atoms with van der Waals surface area (Å²) >= 11 is 33.3. The predicted molar refractivity (Wildman–Crippen MR) is 165 cm³/mol. The number of nitrogens with zero attached hydrogens (tertiary/aromatic N) is 2. The third-order valence-electron chi connectivity index (χ3n) is 6.78. The van der Waals surface area contributed by atoms with Crippen molar-refractivity contribution in [1.82, 2.24) is 9.97 Å². The fourth-order valence-corrected chi connectivity index (χ4v) is 7.08. The second-order valence-electron chi connectivity index (χ2n) is 9.25. The molecule has 12 heteroatoms. The number of aromatic nitrogens is 2. The summed E-state index contributed by atoms with van der Waals surface area (Å²) in [5, 5.41) is 14.2. The standard InChI is InChI=1S/C28H20Cl5IN2O4/c1-2-28(37)25(18-9-21(34)23-24(18)35-13-36-27(23)33)40-22(12-38-10-14-3-5-16(29)7-19(14)31)26(28)39-11-15-4-6-17(30)8-20(15)32/h1,3-9,13,18,22,25-26,37H,10-12H2/t18-,22-,25+,26-,28+/m1/s1. The van der Waals surface area contributed by atoms with Gasteiger partial charge in [-0.3, -0.25) is 0 Å². The monoisotopic (exact) mass is 750 g/mol. The molecule has 6 nitrogen and oxygen atoms in total. The van der Waals surface area contributed by atoms with Gasteiger partial charge < -0.3 is 19.3 Å². The van der Waals surface area contributed by atoms with Crippen molar-refractivity contribution in [2.45, 2.75) is 43.0 Å². The topological polar surface area (TPSA) is 73.7 Å². The maximum atomic E-state index is 12.0. The van der Waals surface area contributed by atoms with E-state index in [1.54, 1.807) is 36.4 Å². The quantitative estimate of drug-likeness (QED) is 0.146. The largest absolute Gasteiger partial charge is 0.374 e. The highest BCUT2D eigenvalue weighted by molar-refractivity contribution is 14.1. The maximum absolute atomic E-state index is 12.0. The van der Waals surface area contributed by atoms with Crippen molar-refractivity contribution in [2.75, 3.05) is 6.61 Å². The van der Waals surface area contributed by atoms with Gasteiger partial charge >= 0.3 is 0 Å². The Kier molecular flexibility index (Phi) is 9.55. The minimum atomic E-state index is -1.86. The first kappa shape index (κ1) is 30.3. The Morgan fingerprint density at radius 2 is 1.65 bits per heavy atom. The highest BCUT2D eigenvalue weighted by atomic mass is 127. The van der Waals surface area contributed by atoms with Gasteiger partial charge in [-0.15, -0.1) is 6.42 Å². The molecule has 0 radical (unpaired) electrons. The molecular formula is C28H20Cl5IN2O4. The van der Waals surface area contributed by atoms with Gasteiger partial charge in [0.1, 0.15) is 29.8 Å². The van der Waals surface area contributed by atoms with Gasteiger partial charge in [-0.05, 0) is 58.0 Å². The molecule has 0 bridgehead atoms. The van der Waals surface area contributed by atoms with E-state index in [1.807, 2.05) is 6.08 Å². The van der Waals surface area contributed by atoms with Crippen molar-refractivity contribution in [3.8, 4) is 12.3 Å². The normalized spacial score (nSPS) is 25.5. The molecule has 208 valence electrons. The van der Waals surface area contributed by atoms with Gasteiger partial charge in [0.2, 0.25) is 0 Å². The van der Waals surface area contributed by atoms with E-state index in [0.717, 1.165) is 9.14 Å². The molecule has 1 saturated heterocycles. The van der Waals surface area contributed by atoms with Crippen LogP contribution >= 0.6 is 80.6 Å². The van der Waals surface area contributed by atoms with Gasteiger partial charge in [-0.1, -0.05) is 82.1 Å². The zero-order chi connectivity index (χ0) is 28.6. The Balaban J connectivity index is 1.43. The molecule has 0 unspecified atom stereocenters. The van der Waals surface area contributed by atoms with Gasteiger partial charge in [-0.25, -0.2) is 9.97 Å². The minimum Gasteiger partial charge on any atom is -0.374 e. The molecule has 1 aliphatic carbocycles. The molecule has 5 atom stereocenters. The summed E-state index contributed by atoms with van der Waals surface area (Å²) in [4.78, 5) is 8.53. The first-order valence-corrected chi connectivity index (χ1v) is 14.9. The van der Waals surface area contributed by atoms with E-state index in [0.29, 0.717) is 42.1 Å². The minimum absolute atomic E-state index is 0.0445. The molecule has 1 N–H and O–H groups in total. The van der Waals surface area contributed by atoms with E-state index in [4.69, 9.17) is 78.6 Å². The summed E-state index contributed by atoms with van der Waals surface area (Å²) in [5.74, 6) is 2.03. The van der Waals surface area contributed by atoms with Crippen LogP contribution in [-0.4, -0.2) is 45.6 Å². The molecule has 1 aliphatic heterocycles. The Morgan fingerprint density at radius 3 is 2.27 bits per heavy atom. The lowest BCUT2D eigenvalue weighted by atomic mass is 9.83. The second kappa shape index (κ2) is 12.6. The number of ether oxygens (including phenoxy) is 3. The van der Waals surface area contributed by atoms with Crippen LogP contribution in [0, 0.1) is 12.3 Å². The Bertz CT molecular complexity index is 1520. The van der Waals surface area contributed by atoms with Crippen molar-refractivity contribution >= 4 is 84.2 Å². The van der Waals surface area contributed by atoms with Crippen LogP contribution in [0.25, 0.3) is 3.58 Å². The summed E-state index contributed by atoms with van der Waals surface area (Å²) < 4.78 is 19.5. The van der Waals surface area contributed by atoms with Crippen molar-refractivity contribution in [3.05, 3.63) is 96.4 Å². The Hall–Kier alpha value is -1.16. The molecule has 0 spiro atoms. The number of benzene rings is 2. The van der Waals surface area contributed by atoms with E-state index < -0.39 is 29.8 Å². The van der Waals surface area contributed by atoms with E-state index >= 15 is 0 Å². The maximum Gasteiger partial charge on any atom is 0.181 e. The predicted octanol–water partition coefficient (Wildman–Crippen LogP) is 7.55. The molecule has 0 saturated carbocycles. The average molecular weight is 753 g/mol. The highest BCUT2D eigenvalue weighted by Gasteiger charge is 2.59. The van der Waals surface area contributed by atoms with Gasteiger partial charge in [0.25, 0.3) is 0 Å². The number of hydrogen-bond donors (Lipinski definition) is 1. The number of halogens is 6. The van der Waals surface area contributed by atoms with Crippen LogP contribution in [0.15, 0.2) is 48.8 Å². The molecule has 1 fully saturated rings. The van der Waals surface area contributed by atoms with Crippen LogP contribution in [-0.2, 0) is 27.4 Å². The summed E-state index contributed by atoms with van der Waals surface area (Å²) in [5.41, 5.74) is 0.841. The molecule has 40 heavy (non-hydrogen) atoms. The Morgan fingerprint density at radius 1 is 1.00 bits per heavy atom. The zero-order valence-corrected chi connectivity index (χ0v) is 26.4. The van der Waals surface area contributed by atoms with Crippen molar-refractivity contribution in [3.63, 3.8) is 0 Å². The molecular weight excluding hydrogens is 732 g/mol. The highest BCUT2D eigenvalue weighted by Crippen LogP contribution is 2.49. The van der Waals surface area contributed by atoms with Gasteiger partial charge in [0.15, 0.2) is 5.60 Å². The van der Waals surface area contributed by atoms with Gasteiger partial charge in [0, 0.05) is 29.2 Å². The van der Waals surface area contributed by atoms with Crippen LogP contribution in [0.4, 0.5) is 0 Å². The first-order chi connectivity index (χ1) is 19.1. The van der Waals surface area contributed by atoms with Gasteiger partial charge in [0.05, 0.1) is 31.4 Å². The number of aliphatic hydroxyl groups is 1. The third-order valence-corrected chi connectivity index (χ3v) is 9.14. The molecule has 1 aromatic heterocycles. The molecule has 2 aromatic carbocycles. The van der Waals surface area contributed by atoms with Crippen LogP contribution in [0.5, 0.6) is 0 Å². The molecule has 5 rings (SSSR count). The summed E-state index contributed by atoms with van der Waals surface area (Å²) in [6.07, 6.45) is 6.59. The molecule has 2 heterocycles. The number of terminal acetylenes is 1. The van der Waals surface area contributed by atoms with Gasteiger partial charge in [-0.2, -0.15) is 0 Å². The fraction of sp³-hybridized carbons (Fsp3) is 0.286. The second-order valence-corrected chi connectivity index (χ2v) is 12.5. The van der Waals surface area contributed by atoms with Crippen molar-refractivity contribution in [2.24, 2.45) is 0 Å². The molecule has 3 aromatic rings. The van der Waals surface area contributed by atoms with E-state index in [2.05, 4.69) is 38.5 Å². The van der Waals surface area contributed by atoms with E-state index in [9.17, 15) is 5.11 Å². The number of rotatable bonds is 8. The average Bonchev–Trinajstić information content (AvgIpc) is 3.39. The number of fused-ring (bicyclic) bond motifs is 1. The van der Waals surface area contributed by atoms with Crippen LogP contribution in [0.2, 0.25) is 25.2 Å². The lowest BCUT2D eigenvalue weighted by Crippen LogP contribution is -2.50.